The quantitative estimate of drug-likeness (QED) is 0.904. The van der Waals surface area contributed by atoms with Gasteiger partial charge in [-0.25, -0.2) is 15.0 Å². The smallest absolute Gasteiger partial charge is 0.197 e. The van der Waals surface area contributed by atoms with E-state index < -0.39 is 0 Å². The molecule has 0 unspecified atom stereocenters. The van der Waals surface area contributed by atoms with Gasteiger partial charge in [0.15, 0.2) is 11.6 Å². The largest absolute Gasteiger partial charge is 0.369 e. The summed E-state index contributed by atoms with van der Waals surface area (Å²) in [6, 6.07) is 0. The van der Waals surface area contributed by atoms with Crippen molar-refractivity contribution in [3.05, 3.63) is 23.1 Å². The summed E-state index contributed by atoms with van der Waals surface area (Å²) < 4.78 is 0.858. The second kappa shape index (κ2) is 5.07. The molecule has 0 amide bonds. The Labute approximate surface area is 102 Å². The van der Waals surface area contributed by atoms with Crippen LogP contribution in [0.3, 0.4) is 0 Å². The van der Waals surface area contributed by atoms with Crippen LogP contribution in [0.5, 0.6) is 0 Å². The van der Waals surface area contributed by atoms with E-state index in [0.717, 1.165) is 23.3 Å². The molecule has 0 fully saturated rings. The summed E-state index contributed by atoms with van der Waals surface area (Å²) in [5.74, 6) is 2.06. The van der Waals surface area contributed by atoms with Crippen molar-refractivity contribution >= 4 is 21.7 Å². The van der Waals surface area contributed by atoms with Gasteiger partial charge in [0.2, 0.25) is 0 Å². The fraction of sp³-hybridized carbons (Fsp3) is 0.300. The lowest BCUT2D eigenvalue weighted by molar-refractivity contribution is 0.961. The average molecular weight is 282 g/mol. The number of hydrogen-bond donors (Lipinski definition) is 2. The van der Waals surface area contributed by atoms with Crippen LogP contribution in [0.2, 0.25) is 0 Å². The molecule has 84 valence electrons. The lowest BCUT2D eigenvalue weighted by Crippen LogP contribution is -2.04. The third kappa shape index (κ3) is 2.38. The molecule has 0 spiro atoms. The summed E-state index contributed by atoms with van der Waals surface area (Å²) in [7, 11) is 0. The summed E-state index contributed by atoms with van der Waals surface area (Å²) in [4.78, 5) is 15.7. The summed E-state index contributed by atoms with van der Waals surface area (Å²) in [5.41, 5.74) is 0. The number of nitrogens with zero attached hydrogens (tertiary/aromatic N) is 3. The Kier molecular flexibility index (Phi) is 3.51. The number of anilines is 1. The average Bonchev–Trinajstić information content (AvgIpc) is 2.81. The third-order valence-corrected chi connectivity index (χ3v) is 2.58. The SMILES string of the molecule is CCCNc1nc(-c2ncc[nH]2)ncc1Br. The maximum absolute atomic E-state index is 4.39. The monoisotopic (exact) mass is 281 g/mol. The Hall–Kier alpha value is -1.43. The Bertz CT molecular complexity index is 454. The second-order valence-corrected chi connectivity index (χ2v) is 4.11. The zero-order valence-corrected chi connectivity index (χ0v) is 10.5. The molecule has 0 bridgehead atoms. The highest BCUT2D eigenvalue weighted by Gasteiger charge is 2.07. The zero-order valence-electron chi connectivity index (χ0n) is 8.87. The van der Waals surface area contributed by atoms with Gasteiger partial charge in [0.25, 0.3) is 0 Å². The predicted molar refractivity (Wildman–Crippen MR) is 66.1 cm³/mol. The Morgan fingerprint density at radius 2 is 2.31 bits per heavy atom. The number of rotatable bonds is 4. The van der Waals surface area contributed by atoms with E-state index in [1.165, 1.54) is 0 Å². The van der Waals surface area contributed by atoms with Gasteiger partial charge in [0.1, 0.15) is 5.82 Å². The van der Waals surface area contributed by atoms with E-state index >= 15 is 0 Å². The molecule has 5 nitrogen and oxygen atoms in total. The molecule has 0 aliphatic carbocycles. The first-order valence-electron chi connectivity index (χ1n) is 5.07. The van der Waals surface area contributed by atoms with Crippen molar-refractivity contribution in [3.8, 4) is 11.6 Å². The number of halogens is 1. The van der Waals surface area contributed by atoms with E-state index in [1.807, 2.05) is 0 Å². The minimum atomic E-state index is 0.590. The van der Waals surface area contributed by atoms with E-state index in [-0.39, 0.29) is 0 Å². The fourth-order valence-electron chi connectivity index (χ4n) is 1.24. The molecule has 2 N–H and O–H groups in total. The molecule has 0 aliphatic heterocycles. The van der Waals surface area contributed by atoms with Crippen molar-refractivity contribution in [1.82, 2.24) is 19.9 Å². The van der Waals surface area contributed by atoms with Gasteiger partial charge in [-0.05, 0) is 22.4 Å². The van der Waals surface area contributed by atoms with E-state index in [0.29, 0.717) is 11.6 Å². The number of imidazole rings is 1. The van der Waals surface area contributed by atoms with Crippen molar-refractivity contribution in [2.24, 2.45) is 0 Å². The maximum atomic E-state index is 4.39. The Morgan fingerprint density at radius 1 is 1.44 bits per heavy atom. The molecule has 16 heavy (non-hydrogen) atoms. The first kappa shape index (κ1) is 11.1. The number of aromatic nitrogens is 4. The molecule has 0 saturated heterocycles. The van der Waals surface area contributed by atoms with Crippen LogP contribution >= 0.6 is 15.9 Å². The molecule has 0 saturated carbocycles. The van der Waals surface area contributed by atoms with E-state index in [4.69, 9.17) is 0 Å². The van der Waals surface area contributed by atoms with Crippen molar-refractivity contribution in [2.45, 2.75) is 13.3 Å². The van der Waals surface area contributed by atoms with Gasteiger partial charge in [-0.1, -0.05) is 6.92 Å². The molecule has 2 heterocycles. The molecule has 2 aromatic rings. The van der Waals surface area contributed by atoms with Crippen molar-refractivity contribution in [2.75, 3.05) is 11.9 Å². The molecule has 2 aromatic heterocycles. The van der Waals surface area contributed by atoms with Crippen LogP contribution in [-0.4, -0.2) is 26.5 Å². The summed E-state index contributed by atoms with van der Waals surface area (Å²) in [6.45, 7) is 2.99. The molecule has 0 aromatic carbocycles. The normalized spacial score (nSPS) is 10.4. The minimum Gasteiger partial charge on any atom is -0.369 e. The highest BCUT2D eigenvalue weighted by atomic mass is 79.9. The van der Waals surface area contributed by atoms with Crippen molar-refractivity contribution in [3.63, 3.8) is 0 Å². The summed E-state index contributed by atoms with van der Waals surface area (Å²) in [5, 5.41) is 3.23. The molecule has 0 radical (unpaired) electrons. The van der Waals surface area contributed by atoms with Crippen LogP contribution in [0.4, 0.5) is 5.82 Å². The van der Waals surface area contributed by atoms with Crippen molar-refractivity contribution in [1.29, 1.82) is 0 Å². The summed E-state index contributed by atoms with van der Waals surface area (Å²) in [6.07, 6.45) is 6.20. The molecule has 2 rings (SSSR count). The Balaban J connectivity index is 2.28. The first-order chi connectivity index (χ1) is 7.81. The van der Waals surface area contributed by atoms with Gasteiger partial charge in [-0.3, -0.25) is 0 Å². The van der Waals surface area contributed by atoms with Crippen LogP contribution in [0.1, 0.15) is 13.3 Å². The summed E-state index contributed by atoms with van der Waals surface area (Å²) >= 11 is 3.41. The van der Waals surface area contributed by atoms with Gasteiger partial charge < -0.3 is 10.3 Å². The van der Waals surface area contributed by atoms with E-state index in [2.05, 4.69) is 48.1 Å². The van der Waals surface area contributed by atoms with Crippen LogP contribution in [-0.2, 0) is 0 Å². The van der Waals surface area contributed by atoms with Gasteiger partial charge in [0, 0.05) is 25.1 Å². The van der Waals surface area contributed by atoms with Crippen molar-refractivity contribution < 1.29 is 0 Å². The molecule has 0 aliphatic rings. The lowest BCUT2D eigenvalue weighted by atomic mass is 10.4. The molecular formula is C10H12BrN5. The first-order valence-corrected chi connectivity index (χ1v) is 5.86. The molecule has 6 heteroatoms. The van der Waals surface area contributed by atoms with Gasteiger partial charge >= 0.3 is 0 Å². The van der Waals surface area contributed by atoms with Crippen LogP contribution in [0.25, 0.3) is 11.6 Å². The molecule has 0 atom stereocenters. The third-order valence-electron chi connectivity index (χ3n) is 2.00. The van der Waals surface area contributed by atoms with E-state index in [9.17, 15) is 0 Å². The molecular weight excluding hydrogens is 270 g/mol. The topological polar surface area (TPSA) is 66.5 Å². The van der Waals surface area contributed by atoms with Crippen LogP contribution in [0, 0.1) is 0 Å². The standard InChI is InChI=1S/C10H12BrN5/c1-2-3-12-8-7(11)6-15-10(16-8)9-13-4-5-14-9/h4-6H,2-3H2,1H3,(H,13,14)(H,12,15,16). The number of nitrogens with one attached hydrogen (secondary N) is 2. The highest BCUT2D eigenvalue weighted by molar-refractivity contribution is 9.10. The lowest BCUT2D eigenvalue weighted by Gasteiger charge is -2.06. The second-order valence-electron chi connectivity index (χ2n) is 3.25. The van der Waals surface area contributed by atoms with Crippen LogP contribution in [0.15, 0.2) is 23.1 Å². The van der Waals surface area contributed by atoms with Gasteiger partial charge in [-0.2, -0.15) is 0 Å². The highest BCUT2D eigenvalue weighted by Crippen LogP contribution is 2.21. The van der Waals surface area contributed by atoms with E-state index in [1.54, 1.807) is 18.6 Å². The zero-order chi connectivity index (χ0) is 11.4. The number of H-pyrrole nitrogens is 1. The fourth-order valence-corrected chi connectivity index (χ4v) is 1.57. The number of hydrogen-bond acceptors (Lipinski definition) is 4. The Morgan fingerprint density at radius 3 is 3.00 bits per heavy atom. The number of aromatic amines is 1. The minimum absolute atomic E-state index is 0.590. The van der Waals surface area contributed by atoms with Gasteiger partial charge in [0.05, 0.1) is 4.47 Å². The maximum Gasteiger partial charge on any atom is 0.197 e. The predicted octanol–water partition coefficient (Wildman–Crippen LogP) is 2.45. The van der Waals surface area contributed by atoms with Gasteiger partial charge in [-0.15, -0.1) is 0 Å². The van der Waals surface area contributed by atoms with Crippen LogP contribution < -0.4 is 5.32 Å².